The molecule has 0 saturated carbocycles. The largest absolute Gasteiger partial charge is 0.465 e. The summed E-state index contributed by atoms with van der Waals surface area (Å²) in [5, 5.41) is 7.13. The molecule has 0 fully saturated rings. The Hall–Kier alpha value is -3.32. The lowest BCUT2D eigenvalue weighted by Gasteiger charge is -2.09. The number of carbonyl (C=O) groups is 1. The molecule has 0 radical (unpaired) electrons. The Bertz CT molecular complexity index is 1070. The van der Waals surface area contributed by atoms with E-state index in [2.05, 4.69) is 10.2 Å². The van der Waals surface area contributed by atoms with E-state index >= 15 is 0 Å². The second-order valence-electron chi connectivity index (χ2n) is 5.28. The topological polar surface area (TPSA) is 85.2 Å². The molecule has 3 rings (SSSR count). The van der Waals surface area contributed by atoms with Crippen LogP contribution in [0, 0.1) is 0 Å². The number of nitrogens with zero attached hydrogens (tertiary/aromatic N) is 2. The molecule has 0 bridgehead atoms. The van der Waals surface area contributed by atoms with Crippen LogP contribution in [0.15, 0.2) is 71.1 Å². The first-order valence-electron chi connectivity index (χ1n) is 7.71. The number of ether oxygens (including phenoxy) is 1. The van der Waals surface area contributed by atoms with E-state index < -0.39 is 16.1 Å². The summed E-state index contributed by atoms with van der Waals surface area (Å²) in [5.74, 6) is 0.197. The summed E-state index contributed by atoms with van der Waals surface area (Å²) in [4.78, 5) is 12.3. The van der Waals surface area contributed by atoms with Crippen molar-refractivity contribution in [3.8, 4) is 16.9 Å². The standard InChI is InChI=1S/C19H14N2O4S/c1-2-11-25-16-6-4-3-5-15(16)13-7-9-14(10-8-13)19(22)18-17(26(23)24)12-20-21-18/h2-12H,1H3. The maximum Gasteiger partial charge on any atom is 0.225 e. The molecule has 0 saturated heterocycles. The van der Waals surface area contributed by atoms with Crippen molar-refractivity contribution in [2.24, 2.45) is 10.2 Å². The van der Waals surface area contributed by atoms with Gasteiger partial charge < -0.3 is 4.74 Å². The molecule has 0 spiro atoms. The van der Waals surface area contributed by atoms with Crippen molar-refractivity contribution in [3.05, 3.63) is 66.4 Å². The summed E-state index contributed by atoms with van der Waals surface area (Å²) >= 11 is 0. The van der Waals surface area contributed by atoms with E-state index in [1.165, 1.54) is 0 Å². The fourth-order valence-corrected chi connectivity index (χ4v) is 2.84. The first kappa shape index (κ1) is 17.5. The van der Waals surface area contributed by atoms with E-state index in [-0.39, 0.29) is 10.6 Å². The van der Waals surface area contributed by atoms with Crippen molar-refractivity contribution in [1.29, 1.82) is 0 Å². The summed E-state index contributed by atoms with van der Waals surface area (Å²) in [7, 11) is -2.56. The third-order valence-electron chi connectivity index (χ3n) is 3.64. The van der Waals surface area contributed by atoms with Crippen LogP contribution in [0.3, 0.4) is 0 Å². The third-order valence-corrected chi connectivity index (χ3v) is 4.29. The van der Waals surface area contributed by atoms with Crippen LogP contribution >= 0.6 is 0 Å². The number of rotatable bonds is 5. The second kappa shape index (κ2) is 7.71. The van der Waals surface area contributed by atoms with Gasteiger partial charge in [0.1, 0.15) is 10.6 Å². The maximum atomic E-state index is 12.5. The van der Waals surface area contributed by atoms with Crippen LogP contribution in [0.5, 0.6) is 5.75 Å². The van der Waals surface area contributed by atoms with E-state index in [4.69, 9.17) is 4.74 Å². The molecule has 0 amide bonds. The molecular formula is C19H14N2O4S. The fourth-order valence-electron chi connectivity index (χ4n) is 2.42. The highest BCUT2D eigenvalue weighted by Crippen LogP contribution is 2.30. The number of ketones is 1. The number of hydrogen-bond donors (Lipinski definition) is 0. The molecule has 26 heavy (non-hydrogen) atoms. The van der Waals surface area contributed by atoms with E-state index in [9.17, 15) is 13.2 Å². The Morgan fingerprint density at radius 2 is 1.81 bits per heavy atom. The van der Waals surface area contributed by atoms with Crippen molar-refractivity contribution >= 4 is 32.9 Å². The molecule has 1 aliphatic heterocycles. The monoisotopic (exact) mass is 366 g/mol. The predicted octanol–water partition coefficient (Wildman–Crippen LogP) is 2.94. The Labute approximate surface area is 151 Å². The van der Waals surface area contributed by atoms with Gasteiger partial charge in [0.25, 0.3) is 0 Å². The zero-order chi connectivity index (χ0) is 18.5. The van der Waals surface area contributed by atoms with E-state index in [0.29, 0.717) is 11.3 Å². The van der Waals surface area contributed by atoms with Crippen LogP contribution < -0.4 is 4.74 Å². The molecule has 130 valence electrons. The van der Waals surface area contributed by atoms with Gasteiger partial charge in [0.05, 0.1) is 12.5 Å². The summed E-state index contributed by atoms with van der Waals surface area (Å²) < 4.78 is 27.8. The average molecular weight is 366 g/mol. The molecule has 2 aromatic carbocycles. The highest BCUT2D eigenvalue weighted by Gasteiger charge is 2.23. The number of allylic oxidation sites excluding steroid dienone is 1. The van der Waals surface area contributed by atoms with Gasteiger partial charge in [-0.3, -0.25) is 4.79 Å². The summed E-state index contributed by atoms with van der Waals surface area (Å²) in [6.45, 7) is 1.86. The lowest BCUT2D eigenvalue weighted by atomic mass is 9.99. The minimum absolute atomic E-state index is 0.178. The van der Waals surface area contributed by atoms with Crippen LogP contribution in [0.1, 0.15) is 17.3 Å². The van der Waals surface area contributed by atoms with Crippen molar-refractivity contribution in [1.82, 2.24) is 0 Å². The van der Waals surface area contributed by atoms with Crippen molar-refractivity contribution in [2.45, 2.75) is 6.92 Å². The lowest BCUT2D eigenvalue weighted by molar-refractivity contribution is 0.106. The number of carbonyl (C=O) groups excluding carboxylic acids is 1. The fraction of sp³-hybridized carbons (Fsp3) is 0.0526. The van der Waals surface area contributed by atoms with Crippen molar-refractivity contribution < 1.29 is 17.9 Å². The zero-order valence-electron chi connectivity index (χ0n) is 13.8. The number of benzene rings is 2. The van der Waals surface area contributed by atoms with Gasteiger partial charge in [0, 0.05) is 11.1 Å². The van der Waals surface area contributed by atoms with Crippen LogP contribution in [0.2, 0.25) is 0 Å². The van der Waals surface area contributed by atoms with Crippen molar-refractivity contribution in [3.63, 3.8) is 0 Å². The number of para-hydroxylation sites is 1. The van der Waals surface area contributed by atoms with E-state index in [1.54, 1.807) is 36.6 Å². The molecule has 0 atom stereocenters. The normalized spacial score (nSPS) is 13.1. The van der Waals surface area contributed by atoms with Crippen LogP contribution in [-0.2, 0) is 10.3 Å². The molecule has 0 N–H and O–H groups in total. The highest BCUT2D eigenvalue weighted by atomic mass is 32.2. The second-order valence-corrected chi connectivity index (χ2v) is 6.19. The number of Topliss-reactive ketones (excluding diaryl/α,β-unsaturated/α-hetero) is 1. The molecule has 1 heterocycles. The zero-order valence-corrected chi connectivity index (χ0v) is 14.6. The minimum atomic E-state index is -2.56. The predicted molar refractivity (Wildman–Crippen MR) is 102 cm³/mol. The van der Waals surface area contributed by atoms with Gasteiger partial charge in [-0.25, -0.2) is 0 Å². The third kappa shape index (κ3) is 3.52. The Kier molecular flexibility index (Phi) is 5.19. The summed E-state index contributed by atoms with van der Waals surface area (Å²) in [6.07, 6.45) is 4.44. The maximum absolute atomic E-state index is 12.5. The smallest absolute Gasteiger partial charge is 0.225 e. The first-order chi connectivity index (χ1) is 12.6. The molecule has 1 aliphatic rings. The van der Waals surface area contributed by atoms with Crippen molar-refractivity contribution in [2.75, 3.05) is 0 Å². The van der Waals surface area contributed by atoms with Gasteiger partial charge in [-0.05, 0) is 18.6 Å². The molecule has 6 nitrogen and oxygen atoms in total. The Morgan fingerprint density at radius 3 is 2.50 bits per heavy atom. The summed E-state index contributed by atoms with van der Waals surface area (Å²) in [6, 6.07) is 14.3. The van der Waals surface area contributed by atoms with Gasteiger partial charge in [-0.2, -0.15) is 13.5 Å². The molecular weight excluding hydrogens is 352 g/mol. The van der Waals surface area contributed by atoms with Gasteiger partial charge in [0.2, 0.25) is 16.1 Å². The Balaban J connectivity index is 1.91. The van der Waals surface area contributed by atoms with E-state index in [0.717, 1.165) is 17.3 Å². The molecule has 7 heteroatoms. The minimum Gasteiger partial charge on any atom is -0.465 e. The average Bonchev–Trinajstić information content (AvgIpc) is 3.16. The van der Waals surface area contributed by atoms with Crippen LogP contribution in [-0.4, -0.2) is 31.0 Å². The molecule has 0 unspecified atom stereocenters. The van der Waals surface area contributed by atoms with Gasteiger partial charge >= 0.3 is 0 Å². The SMILES string of the molecule is CC=COc1ccccc1-c1ccc(C(=O)C2=NN=CC2=S(=O)=O)cc1. The molecule has 2 aromatic rings. The Morgan fingerprint density at radius 1 is 1.08 bits per heavy atom. The van der Waals surface area contributed by atoms with Crippen LogP contribution in [0.25, 0.3) is 11.1 Å². The van der Waals surface area contributed by atoms with Gasteiger partial charge in [0.15, 0.2) is 5.71 Å². The van der Waals surface area contributed by atoms with E-state index in [1.807, 2.05) is 31.2 Å². The number of hydrogen-bond acceptors (Lipinski definition) is 6. The molecule has 0 aromatic heterocycles. The highest BCUT2D eigenvalue weighted by molar-refractivity contribution is 7.77. The summed E-state index contributed by atoms with van der Waals surface area (Å²) in [5.41, 5.74) is 1.89. The quantitative estimate of drug-likeness (QED) is 0.463. The first-order valence-corrected chi connectivity index (χ1v) is 8.79. The van der Waals surface area contributed by atoms with Gasteiger partial charge in [-0.1, -0.05) is 48.5 Å². The lowest BCUT2D eigenvalue weighted by Crippen LogP contribution is -2.23. The molecule has 0 aliphatic carbocycles. The van der Waals surface area contributed by atoms with Gasteiger partial charge in [-0.15, -0.1) is 5.10 Å². The van der Waals surface area contributed by atoms with Crippen LogP contribution in [0.4, 0.5) is 0 Å².